The molecule has 19 heavy (non-hydrogen) atoms. The van der Waals surface area contributed by atoms with E-state index in [0.29, 0.717) is 0 Å². The summed E-state index contributed by atoms with van der Waals surface area (Å²) in [6.45, 7) is 0. The van der Waals surface area contributed by atoms with Crippen LogP contribution < -0.4 is 5.32 Å². The van der Waals surface area contributed by atoms with Gasteiger partial charge in [0, 0.05) is 6.04 Å². The van der Waals surface area contributed by atoms with Crippen LogP contribution in [0.3, 0.4) is 0 Å². The lowest BCUT2D eigenvalue weighted by molar-refractivity contribution is 0.603. The van der Waals surface area contributed by atoms with E-state index in [1.807, 2.05) is 13.2 Å². The van der Waals surface area contributed by atoms with Gasteiger partial charge in [-0.1, -0.05) is 47.0 Å². The highest BCUT2D eigenvalue weighted by Gasteiger charge is 2.13. The van der Waals surface area contributed by atoms with Crippen molar-refractivity contribution in [3.63, 3.8) is 0 Å². The van der Waals surface area contributed by atoms with E-state index in [1.54, 1.807) is 0 Å². The van der Waals surface area contributed by atoms with Crippen LogP contribution in [0.1, 0.15) is 16.5 Å². The first-order valence-electron chi connectivity index (χ1n) is 6.29. The van der Waals surface area contributed by atoms with Crippen molar-refractivity contribution < 1.29 is 0 Å². The van der Waals surface area contributed by atoms with Gasteiger partial charge in [0.1, 0.15) is 0 Å². The predicted octanol–water partition coefficient (Wildman–Crippen LogP) is 3.19. The first-order chi connectivity index (χ1) is 9.38. The second-order valence-corrected chi connectivity index (χ2v) is 5.32. The van der Waals surface area contributed by atoms with Gasteiger partial charge in [-0.25, -0.2) is 0 Å². The van der Waals surface area contributed by atoms with E-state index in [0.717, 1.165) is 6.42 Å². The molecule has 1 aromatic heterocycles. The molecule has 1 N–H and O–H groups in total. The van der Waals surface area contributed by atoms with Gasteiger partial charge in [-0.15, -0.1) is 5.10 Å². The van der Waals surface area contributed by atoms with E-state index in [4.69, 9.17) is 0 Å². The number of aromatic nitrogens is 2. The molecule has 0 bridgehead atoms. The molecule has 96 valence electrons. The van der Waals surface area contributed by atoms with Gasteiger partial charge in [-0.05, 0) is 41.3 Å². The SMILES string of the molecule is CNC(Cc1cccc2ccccc12)c1cnns1. The molecular weight excluding hydrogens is 254 g/mol. The molecule has 1 unspecified atom stereocenters. The van der Waals surface area contributed by atoms with Gasteiger partial charge >= 0.3 is 0 Å². The van der Waals surface area contributed by atoms with Crippen LogP contribution in [0.15, 0.2) is 48.7 Å². The van der Waals surface area contributed by atoms with Crippen LogP contribution in [-0.4, -0.2) is 16.6 Å². The maximum absolute atomic E-state index is 3.95. The van der Waals surface area contributed by atoms with Crippen LogP contribution >= 0.6 is 11.5 Å². The zero-order valence-electron chi connectivity index (χ0n) is 10.7. The van der Waals surface area contributed by atoms with Crippen molar-refractivity contribution in [1.82, 2.24) is 14.9 Å². The fourth-order valence-corrected chi connectivity index (χ4v) is 2.97. The summed E-state index contributed by atoms with van der Waals surface area (Å²) in [5.41, 5.74) is 1.35. The Balaban J connectivity index is 1.96. The van der Waals surface area contributed by atoms with Crippen molar-refractivity contribution in [1.29, 1.82) is 0 Å². The summed E-state index contributed by atoms with van der Waals surface area (Å²) in [5, 5.41) is 9.88. The fourth-order valence-electron chi connectivity index (χ4n) is 2.36. The van der Waals surface area contributed by atoms with Crippen LogP contribution in [0.5, 0.6) is 0 Å². The minimum absolute atomic E-state index is 0.269. The summed E-state index contributed by atoms with van der Waals surface area (Å²) >= 11 is 1.46. The van der Waals surface area contributed by atoms with E-state index >= 15 is 0 Å². The molecule has 0 fully saturated rings. The molecular formula is C15H15N3S. The third kappa shape index (κ3) is 2.50. The number of nitrogens with one attached hydrogen (secondary N) is 1. The molecule has 3 nitrogen and oxygen atoms in total. The van der Waals surface area contributed by atoms with Crippen molar-refractivity contribution in [3.8, 4) is 0 Å². The Morgan fingerprint density at radius 1 is 1.16 bits per heavy atom. The predicted molar refractivity (Wildman–Crippen MR) is 79.4 cm³/mol. The Morgan fingerprint density at radius 2 is 2.00 bits per heavy atom. The Labute approximate surface area is 116 Å². The number of fused-ring (bicyclic) bond motifs is 1. The molecule has 0 aliphatic carbocycles. The molecule has 3 aromatic rings. The quantitative estimate of drug-likeness (QED) is 0.790. The molecule has 2 aromatic carbocycles. The van der Waals surface area contributed by atoms with Gasteiger partial charge in [0.05, 0.1) is 11.1 Å². The topological polar surface area (TPSA) is 37.8 Å². The molecule has 0 aliphatic rings. The lowest BCUT2D eigenvalue weighted by Gasteiger charge is -2.15. The Kier molecular flexibility index (Phi) is 3.53. The number of nitrogens with zero attached hydrogens (tertiary/aromatic N) is 2. The second kappa shape index (κ2) is 5.47. The molecule has 1 heterocycles. The van der Waals surface area contributed by atoms with Crippen molar-refractivity contribution >= 4 is 22.3 Å². The van der Waals surface area contributed by atoms with Gasteiger partial charge in [0.2, 0.25) is 0 Å². The summed E-state index contributed by atoms with van der Waals surface area (Å²) < 4.78 is 3.95. The van der Waals surface area contributed by atoms with E-state index in [2.05, 4.69) is 57.4 Å². The van der Waals surface area contributed by atoms with Crippen LogP contribution in [0, 0.1) is 0 Å². The van der Waals surface area contributed by atoms with E-state index in [-0.39, 0.29) is 6.04 Å². The minimum Gasteiger partial charge on any atom is -0.312 e. The maximum Gasteiger partial charge on any atom is 0.0669 e. The first kappa shape index (κ1) is 12.3. The average Bonchev–Trinajstić information content (AvgIpc) is 2.99. The summed E-state index contributed by atoms with van der Waals surface area (Å²) in [7, 11) is 1.98. The molecule has 0 aliphatic heterocycles. The number of hydrogen-bond acceptors (Lipinski definition) is 4. The first-order valence-corrected chi connectivity index (χ1v) is 7.07. The molecule has 3 rings (SSSR count). The van der Waals surface area contributed by atoms with Gasteiger partial charge in [-0.2, -0.15) is 0 Å². The third-order valence-electron chi connectivity index (χ3n) is 3.37. The third-order valence-corrected chi connectivity index (χ3v) is 4.15. The maximum atomic E-state index is 3.95. The summed E-state index contributed by atoms with van der Waals surface area (Å²) in [4.78, 5) is 1.18. The number of likely N-dealkylation sites (N-methyl/N-ethyl adjacent to an activating group) is 1. The van der Waals surface area contributed by atoms with Gasteiger partial charge in [0.15, 0.2) is 0 Å². The highest BCUT2D eigenvalue weighted by atomic mass is 32.1. The van der Waals surface area contributed by atoms with Crippen molar-refractivity contribution in [3.05, 3.63) is 59.1 Å². The van der Waals surface area contributed by atoms with Gasteiger partial charge in [0.25, 0.3) is 0 Å². The van der Waals surface area contributed by atoms with Crippen LogP contribution in [-0.2, 0) is 6.42 Å². The minimum atomic E-state index is 0.269. The smallest absolute Gasteiger partial charge is 0.0669 e. The molecule has 0 radical (unpaired) electrons. The van der Waals surface area contributed by atoms with E-state index in [1.165, 1.54) is 32.7 Å². The van der Waals surface area contributed by atoms with E-state index < -0.39 is 0 Å². The summed E-state index contributed by atoms with van der Waals surface area (Å²) in [6, 6.07) is 15.2. The lowest BCUT2D eigenvalue weighted by Crippen LogP contribution is -2.17. The molecule has 1 atom stereocenters. The standard InChI is InChI=1S/C15H15N3S/c1-16-14(15-10-17-18-19-15)9-12-7-4-6-11-5-2-3-8-13(11)12/h2-8,10,14,16H,9H2,1H3. The van der Waals surface area contributed by atoms with Crippen LogP contribution in [0.25, 0.3) is 10.8 Å². The molecule has 0 saturated heterocycles. The molecule has 0 spiro atoms. The number of hydrogen-bond donors (Lipinski definition) is 1. The highest BCUT2D eigenvalue weighted by molar-refractivity contribution is 7.05. The molecule has 0 saturated carbocycles. The number of benzene rings is 2. The van der Waals surface area contributed by atoms with Gasteiger partial charge < -0.3 is 5.32 Å². The Bertz CT molecular complexity index is 659. The average molecular weight is 269 g/mol. The Morgan fingerprint density at radius 3 is 2.79 bits per heavy atom. The van der Waals surface area contributed by atoms with Crippen LogP contribution in [0.2, 0.25) is 0 Å². The highest BCUT2D eigenvalue weighted by Crippen LogP contribution is 2.25. The number of rotatable bonds is 4. The van der Waals surface area contributed by atoms with Gasteiger partial charge in [-0.3, -0.25) is 0 Å². The summed E-state index contributed by atoms with van der Waals surface area (Å²) in [6.07, 6.45) is 2.79. The van der Waals surface area contributed by atoms with Crippen LogP contribution in [0.4, 0.5) is 0 Å². The Hall–Kier alpha value is -1.78. The van der Waals surface area contributed by atoms with Crippen molar-refractivity contribution in [2.75, 3.05) is 7.05 Å². The van der Waals surface area contributed by atoms with Crippen molar-refractivity contribution in [2.24, 2.45) is 0 Å². The second-order valence-electron chi connectivity index (χ2n) is 4.50. The zero-order valence-corrected chi connectivity index (χ0v) is 11.5. The molecule has 4 heteroatoms. The van der Waals surface area contributed by atoms with Crippen molar-refractivity contribution in [2.45, 2.75) is 12.5 Å². The normalized spacial score (nSPS) is 12.7. The fraction of sp³-hybridized carbons (Fsp3) is 0.200. The molecule has 0 amide bonds. The monoisotopic (exact) mass is 269 g/mol. The zero-order chi connectivity index (χ0) is 13.1. The summed E-state index contributed by atoms with van der Waals surface area (Å²) in [5.74, 6) is 0. The van der Waals surface area contributed by atoms with E-state index in [9.17, 15) is 0 Å². The lowest BCUT2D eigenvalue weighted by atomic mass is 9.98. The largest absolute Gasteiger partial charge is 0.312 e.